The number of nitriles is 1. The van der Waals surface area contributed by atoms with Crippen LogP contribution in [0.3, 0.4) is 0 Å². The Hall–Kier alpha value is -2.86. The number of carbonyl (C=O) groups is 1. The number of thiophene rings is 1. The molecule has 9 heteroatoms. The zero-order chi connectivity index (χ0) is 21.3. The highest BCUT2D eigenvalue weighted by molar-refractivity contribution is 7.92. The quantitative estimate of drug-likeness (QED) is 0.574. The van der Waals surface area contributed by atoms with Crippen LogP contribution >= 0.6 is 22.9 Å². The van der Waals surface area contributed by atoms with Crippen molar-refractivity contribution >= 4 is 49.6 Å². The normalized spacial score (nSPS) is 12.8. The second-order valence-corrected chi connectivity index (χ2v) is 9.99. The number of fused-ring (bicyclic) bond motifs is 1. The highest BCUT2D eigenvalue weighted by Crippen LogP contribution is 2.38. The molecular weight excluding hydrogens is 442 g/mol. The van der Waals surface area contributed by atoms with Crippen LogP contribution in [0.15, 0.2) is 53.4 Å². The molecule has 1 aliphatic carbocycles. The minimum absolute atomic E-state index is 0.0634. The lowest BCUT2D eigenvalue weighted by Crippen LogP contribution is -2.15. The van der Waals surface area contributed by atoms with Gasteiger partial charge in [0, 0.05) is 21.2 Å². The highest BCUT2D eigenvalue weighted by Gasteiger charge is 2.23. The third kappa shape index (κ3) is 4.05. The first-order valence-corrected chi connectivity index (χ1v) is 11.8. The summed E-state index contributed by atoms with van der Waals surface area (Å²) in [7, 11) is -3.82. The van der Waals surface area contributed by atoms with E-state index in [2.05, 4.69) is 16.1 Å². The Bertz CT molecular complexity index is 1280. The maximum absolute atomic E-state index is 12.7. The maximum Gasteiger partial charge on any atom is 0.261 e. The predicted octanol–water partition coefficient (Wildman–Crippen LogP) is 4.81. The smallest absolute Gasteiger partial charge is 0.261 e. The van der Waals surface area contributed by atoms with Gasteiger partial charge in [-0.1, -0.05) is 17.7 Å². The van der Waals surface area contributed by atoms with Crippen LogP contribution in [0, 0.1) is 11.3 Å². The SMILES string of the molecule is N#Cc1c(NC(=O)c2cccc(NS(=O)(=O)c3ccc(Cl)cc3)c2)sc2c1CCC2. The summed E-state index contributed by atoms with van der Waals surface area (Å²) in [5, 5.41) is 13.2. The average molecular weight is 458 g/mol. The Morgan fingerprint density at radius 1 is 1.13 bits per heavy atom. The number of hydrogen-bond donors (Lipinski definition) is 2. The van der Waals surface area contributed by atoms with Crippen LogP contribution in [-0.4, -0.2) is 14.3 Å². The van der Waals surface area contributed by atoms with E-state index in [0.717, 1.165) is 29.7 Å². The third-order valence-corrected chi connectivity index (χ3v) is 7.62. The first kappa shape index (κ1) is 20.4. The number of nitrogens with zero attached hydrogens (tertiary/aromatic N) is 1. The lowest BCUT2D eigenvalue weighted by atomic mass is 10.1. The molecule has 0 saturated carbocycles. The van der Waals surface area contributed by atoms with E-state index in [0.29, 0.717) is 15.6 Å². The first-order chi connectivity index (χ1) is 14.4. The van der Waals surface area contributed by atoms with Gasteiger partial charge >= 0.3 is 0 Å². The maximum atomic E-state index is 12.7. The average Bonchev–Trinajstić information content (AvgIpc) is 3.29. The molecule has 152 valence electrons. The number of rotatable bonds is 5. The van der Waals surface area contributed by atoms with Gasteiger partial charge in [0.15, 0.2) is 0 Å². The summed E-state index contributed by atoms with van der Waals surface area (Å²) in [6.07, 6.45) is 2.80. The summed E-state index contributed by atoms with van der Waals surface area (Å²) >= 11 is 7.24. The first-order valence-electron chi connectivity index (χ1n) is 9.12. The number of amides is 1. The predicted molar refractivity (Wildman–Crippen MR) is 118 cm³/mol. The van der Waals surface area contributed by atoms with Gasteiger partial charge in [0.25, 0.3) is 15.9 Å². The molecule has 3 aromatic rings. The van der Waals surface area contributed by atoms with Crippen molar-refractivity contribution in [3.05, 3.63) is 75.1 Å². The van der Waals surface area contributed by atoms with Crippen LogP contribution in [0.5, 0.6) is 0 Å². The Kier molecular flexibility index (Phi) is 5.52. The van der Waals surface area contributed by atoms with Gasteiger partial charge in [0.2, 0.25) is 0 Å². The van der Waals surface area contributed by atoms with Gasteiger partial charge < -0.3 is 5.32 Å². The molecule has 0 aliphatic heterocycles. The Labute approximate surface area is 183 Å². The van der Waals surface area contributed by atoms with Gasteiger partial charge in [0.05, 0.1) is 10.5 Å². The van der Waals surface area contributed by atoms with Crippen molar-refractivity contribution in [2.24, 2.45) is 0 Å². The number of nitrogens with one attached hydrogen (secondary N) is 2. The summed E-state index contributed by atoms with van der Waals surface area (Å²) in [4.78, 5) is 13.9. The molecule has 0 unspecified atom stereocenters. The molecule has 6 nitrogen and oxygen atoms in total. The zero-order valence-electron chi connectivity index (χ0n) is 15.6. The highest BCUT2D eigenvalue weighted by atomic mass is 35.5. The van der Waals surface area contributed by atoms with Crippen molar-refractivity contribution in [3.8, 4) is 6.07 Å². The molecule has 0 bridgehead atoms. The molecule has 0 fully saturated rings. The number of hydrogen-bond acceptors (Lipinski definition) is 5. The number of anilines is 2. The van der Waals surface area contributed by atoms with E-state index < -0.39 is 15.9 Å². The molecule has 0 spiro atoms. The summed E-state index contributed by atoms with van der Waals surface area (Å²) in [5.41, 5.74) is 2.10. The monoisotopic (exact) mass is 457 g/mol. The Morgan fingerprint density at radius 2 is 1.90 bits per heavy atom. The molecule has 0 radical (unpaired) electrons. The van der Waals surface area contributed by atoms with E-state index in [1.54, 1.807) is 18.2 Å². The molecule has 30 heavy (non-hydrogen) atoms. The molecular formula is C21H16ClN3O3S2. The summed E-state index contributed by atoms with van der Waals surface area (Å²) < 4.78 is 27.6. The van der Waals surface area contributed by atoms with Crippen LogP contribution in [0.1, 0.15) is 32.8 Å². The van der Waals surface area contributed by atoms with Crippen LogP contribution in [-0.2, 0) is 22.9 Å². The Morgan fingerprint density at radius 3 is 2.63 bits per heavy atom. The fraction of sp³-hybridized carbons (Fsp3) is 0.143. The zero-order valence-corrected chi connectivity index (χ0v) is 18.0. The van der Waals surface area contributed by atoms with Crippen LogP contribution in [0.25, 0.3) is 0 Å². The fourth-order valence-electron chi connectivity index (χ4n) is 3.34. The minimum Gasteiger partial charge on any atom is -0.312 e. The molecule has 1 amide bonds. The van der Waals surface area contributed by atoms with Crippen molar-refractivity contribution in [2.75, 3.05) is 10.0 Å². The topological polar surface area (TPSA) is 99.1 Å². The van der Waals surface area contributed by atoms with E-state index in [1.807, 2.05) is 0 Å². The van der Waals surface area contributed by atoms with Crippen molar-refractivity contribution < 1.29 is 13.2 Å². The van der Waals surface area contributed by atoms with E-state index in [4.69, 9.17) is 11.6 Å². The summed E-state index contributed by atoms with van der Waals surface area (Å²) in [6.45, 7) is 0. The molecule has 1 aliphatic rings. The lowest BCUT2D eigenvalue weighted by molar-refractivity contribution is 0.102. The number of halogens is 1. The van der Waals surface area contributed by atoms with E-state index >= 15 is 0 Å². The van der Waals surface area contributed by atoms with Crippen molar-refractivity contribution in [2.45, 2.75) is 24.2 Å². The summed E-state index contributed by atoms with van der Waals surface area (Å²) in [6, 6.07) is 14.2. The van der Waals surface area contributed by atoms with Gasteiger partial charge in [-0.3, -0.25) is 9.52 Å². The van der Waals surface area contributed by atoms with Crippen LogP contribution < -0.4 is 10.0 Å². The molecule has 0 atom stereocenters. The molecule has 1 aromatic heterocycles. The van der Waals surface area contributed by atoms with Crippen molar-refractivity contribution in [3.63, 3.8) is 0 Å². The minimum atomic E-state index is -3.82. The Balaban J connectivity index is 1.54. The fourth-order valence-corrected chi connectivity index (χ4v) is 5.75. The molecule has 4 rings (SSSR count). The van der Waals surface area contributed by atoms with Crippen LogP contribution in [0.4, 0.5) is 10.7 Å². The molecule has 2 aromatic carbocycles. The number of benzene rings is 2. The van der Waals surface area contributed by atoms with Crippen molar-refractivity contribution in [1.82, 2.24) is 0 Å². The van der Waals surface area contributed by atoms with Gasteiger partial charge in [-0.15, -0.1) is 11.3 Å². The van der Waals surface area contributed by atoms with E-state index in [-0.39, 0.29) is 16.1 Å². The number of sulfonamides is 1. The molecule has 1 heterocycles. The standard InChI is InChI=1S/C21H16ClN3O3S2/c22-14-7-9-16(10-8-14)30(27,28)25-15-4-1-3-13(11-15)20(26)24-21-18(12-23)17-5-2-6-19(17)29-21/h1,3-4,7-11,25H,2,5-6H2,(H,24,26). The number of aryl methyl sites for hydroxylation is 1. The van der Waals surface area contributed by atoms with Crippen LogP contribution in [0.2, 0.25) is 5.02 Å². The third-order valence-electron chi connectivity index (χ3n) is 4.76. The van der Waals surface area contributed by atoms with Gasteiger partial charge in [-0.2, -0.15) is 5.26 Å². The van der Waals surface area contributed by atoms with Gasteiger partial charge in [-0.25, -0.2) is 8.42 Å². The molecule has 2 N–H and O–H groups in total. The van der Waals surface area contributed by atoms with Crippen molar-refractivity contribution in [1.29, 1.82) is 5.26 Å². The van der Waals surface area contributed by atoms with Gasteiger partial charge in [0.1, 0.15) is 11.1 Å². The van der Waals surface area contributed by atoms with E-state index in [1.165, 1.54) is 41.7 Å². The number of carbonyl (C=O) groups excluding carboxylic acids is 1. The van der Waals surface area contributed by atoms with E-state index in [9.17, 15) is 18.5 Å². The lowest BCUT2D eigenvalue weighted by Gasteiger charge is -2.10. The second-order valence-electron chi connectivity index (χ2n) is 6.77. The molecule has 0 saturated heterocycles. The summed E-state index contributed by atoms with van der Waals surface area (Å²) in [5.74, 6) is -0.404. The largest absolute Gasteiger partial charge is 0.312 e. The second kappa shape index (κ2) is 8.11. The van der Waals surface area contributed by atoms with Gasteiger partial charge in [-0.05, 0) is 67.3 Å².